The first kappa shape index (κ1) is 15.6. The second kappa shape index (κ2) is 7.28. The van der Waals surface area contributed by atoms with Crippen molar-refractivity contribution in [2.45, 2.75) is 19.8 Å². The van der Waals surface area contributed by atoms with Crippen LogP contribution in [0.1, 0.15) is 17.5 Å². The van der Waals surface area contributed by atoms with Crippen LogP contribution in [-0.4, -0.2) is 10.8 Å². The number of H-pyrrole nitrogens is 1. The van der Waals surface area contributed by atoms with Gasteiger partial charge >= 0.3 is 0 Å². The molecule has 0 bridgehead atoms. The summed E-state index contributed by atoms with van der Waals surface area (Å²) in [6.07, 6.45) is 2.99. The number of anilines is 2. The molecule has 2 aromatic rings. The molecule has 0 radical (unpaired) electrons. The van der Waals surface area contributed by atoms with Gasteiger partial charge in [-0.2, -0.15) is 5.10 Å². The number of nitrogens with zero attached hydrogens (tertiary/aromatic N) is 1. The average Bonchev–Trinajstić information content (AvgIpc) is 2.51. The fourth-order valence-corrected chi connectivity index (χ4v) is 2.12. The number of hydrazine groups is 1. The highest BCUT2D eigenvalue weighted by atomic mass is 16.1. The zero-order chi connectivity index (χ0) is 15.9. The predicted molar refractivity (Wildman–Crippen MR) is 88.8 cm³/mol. The van der Waals surface area contributed by atoms with E-state index in [0.29, 0.717) is 18.1 Å². The Morgan fingerprint density at radius 3 is 2.82 bits per heavy atom. The summed E-state index contributed by atoms with van der Waals surface area (Å²) in [5, 5.41) is 6.75. The van der Waals surface area contributed by atoms with Crippen molar-refractivity contribution in [3.63, 3.8) is 0 Å². The summed E-state index contributed by atoms with van der Waals surface area (Å²) in [5.74, 6) is 11.8. The normalized spacial score (nSPS) is 11.3. The highest BCUT2D eigenvalue weighted by Crippen LogP contribution is 2.19. The minimum absolute atomic E-state index is 0.0496. The first-order valence-corrected chi connectivity index (χ1v) is 6.91. The fourth-order valence-electron chi connectivity index (χ4n) is 2.12. The monoisotopic (exact) mass is 300 g/mol. The predicted octanol–water partition coefficient (Wildman–Crippen LogP) is 1.10. The van der Waals surface area contributed by atoms with Gasteiger partial charge < -0.3 is 21.6 Å². The van der Waals surface area contributed by atoms with Gasteiger partial charge in [-0.05, 0) is 36.6 Å². The third-order valence-electron chi connectivity index (χ3n) is 3.35. The van der Waals surface area contributed by atoms with E-state index in [1.165, 1.54) is 17.7 Å². The van der Waals surface area contributed by atoms with Gasteiger partial charge in [-0.25, -0.2) is 5.84 Å². The summed E-state index contributed by atoms with van der Waals surface area (Å²) in [7, 11) is 0. The fraction of sp³-hybridized carbons (Fsp3) is 0.200. The lowest BCUT2D eigenvalue weighted by atomic mass is 10.0. The van der Waals surface area contributed by atoms with Crippen LogP contribution in [0.3, 0.4) is 0 Å². The van der Waals surface area contributed by atoms with Gasteiger partial charge in [-0.1, -0.05) is 6.07 Å². The van der Waals surface area contributed by atoms with E-state index in [1.54, 1.807) is 6.20 Å². The molecule has 116 valence electrons. The molecule has 0 saturated heterocycles. The Hall–Kier alpha value is -2.80. The number of benzene rings is 1. The number of hydrogen-bond acceptors (Lipinski definition) is 5. The number of aromatic nitrogens is 1. The van der Waals surface area contributed by atoms with Gasteiger partial charge in [0.15, 0.2) is 5.43 Å². The Bertz CT molecular complexity index is 722. The lowest BCUT2D eigenvalue weighted by Crippen LogP contribution is -2.31. The van der Waals surface area contributed by atoms with Crippen molar-refractivity contribution in [2.75, 3.05) is 5.32 Å². The van der Waals surface area contributed by atoms with E-state index in [0.717, 1.165) is 17.7 Å². The maximum atomic E-state index is 11.3. The Kier molecular flexibility index (Phi) is 5.16. The second-order valence-corrected chi connectivity index (χ2v) is 4.92. The SMILES string of the molecule is Cc1ccc(Nc2cc(=O)cc[nH]2)cc1CC/C(=N/N)NN. The molecule has 0 fully saturated rings. The molecule has 0 unspecified atom stereocenters. The molecular formula is C15H20N6O. The summed E-state index contributed by atoms with van der Waals surface area (Å²) < 4.78 is 0. The number of aryl methyl sites for hydroxylation is 2. The molecule has 22 heavy (non-hydrogen) atoms. The minimum atomic E-state index is -0.0496. The van der Waals surface area contributed by atoms with Crippen LogP contribution in [0.25, 0.3) is 0 Å². The molecule has 1 heterocycles. The quantitative estimate of drug-likeness (QED) is 0.245. The number of nitrogens with one attached hydrogen (secondary N) is 3. The Balaban J connectivity index is 2.14. The van der Waals surface area contributed by atoms with Crippen LogP contribution >= 0.6 is 0 Å². The van der Waals surface area contributed by atoms with Gasteiger partial charge in [0.2, 0.25) is 0 Å². The van der Waals surface area contributed by atoms with Crippen molar-refractivity contribution in [3.05, 3.63) is 57.9 Å². The van der Waals surface area contributed by atoms with Gasteiger partial charge in [0, 0.05) is 30.4 Å². The molecule has 0 saturated carbocycles. The van der Waals surface area contributed by atoms with E-state index in [2.05, 4.69) is 20.8 Å². The number of rotatable bonds is 5. The number of hydrazone groups is 1. The molecule has 1 aromatic carbocycles. The van der Waals surface area contributed by atoms with Crippen molar-refractivity contribution in [3.8, 4) is 0 Å². The van der Waals surface area contributed by atoms with Crippen molar-refractivity contribution in [2.24, 2.45) is 16.8 Å². The summed E-state index contributed by atoms with van der Waals surface area (Å²) in [6.45, 7) is 2.04. The van der Waals surface area contributed by atoms with Gasteiger partial charge in [0.05, 0.1) is 0 Å². The molecular weight excluding hydrogens is 280 g/mol. The molecule has 2 rings (SSSR count). The molecule has 0 aliphatic carbocycles. The lowest BCUT2D eigenvalue weighted by Gasteiger charge is -2.11. The third kappa shape index (κ3) is 4.10. The lowest BCUT2D eigenvalue weighted by molar-refractivity contribution is 0.908. The third-order valence-corrected chi connectivity index (χ3v) is 3.35. The van der Waals surface area contributed by atoms with Crippen LogP contribution in [0, 0.1) is 6.92 Å². The van der Waals surface area contributed by atoms with Gasteiger partial charge in [-0.15, -0.1) is 0 Å². The number of aromatic amines is 1. The summed E-state index contributed by atoms with van der Waals surface area (Å²) in [5.41, 5.74) is 5.64. The Morgan fingerprint density at radius 2 is 2.14 bits per heavy atom. The first-order chi connectivity index (χ1) is 10.6. The van der Waals surface area contributed by atoms with Crippen LogP contribution < -0.4 is 27.9 Å². The summed E-state index contributed by atoms with van der Waals surface area (Å²) >= 11 is 0. The van der Waals surface area contributed by atoms with Crippen molar-refractivity contribution < 1.29 is 0 Å². The van der Waals surface area contributed by atoms with E-state index in [-0.39, 0.29) is 5.43 Å². The molecule has 1 aromatic heterocycles. The van der Waals surface area contributed by atoms with Crippen molar-refractivity contribution >= 4 is 17.3 Å². The highest BCUT2D eigenvalue weighted by molar-refractivity contribution is 5.81. The van der Waals surface area contributed by atoms with Crippen LogP contribution in [0.2, 0.25) is 0 Å². The van der Waals surface area contributed by atoms with Gasteiger partial charge in [0.25, 0.3) is 0 Å². The first-order valence-electron chi connectivity index (χ1n) is 6.91. The molecule has 0 amide bonds. The topological polar surface area (TPSA) is 121 Å². The van der Waals surface area contributed by atoms with E-state index in [1.807, 2.05) is 25.1 Å². The minimum Gasteiger partial charge on any atom is -0.348 e. The van der Waals surface area contributed by atoms with E-state index in [9.17, 15) is 4.79 Å². The largest absolute Gasteiger partial charge is 0.348 e. The maximum absolute atomic E-state index is 11.3. The van der Waals surface area contributed by atoms with Crippen LogP contribution in [0.5, 0.6) is 0 Å². The molecule has 0 atom stereocenters. The average molecular weight is 300 g/mol. The molecule has 7 nitrogen and oxygen atoms in total. The van der Waals surface area contributed by atoms with Crippen molar-refractivity contribution in [1.29, 1.82) is 0 Å². The Labute approximate surface area is 128 Å². The molecule has 0 spiro atoms. The van der Waals surface area contributed by atoms with Gasteiger partial charge in [-0.3, -0.25) is 4.79 Å². The molecule has 7 N–H and O–H groups in total. The standard InChI is InChI=1S/C15H20N6O/c1-10-2-4-12(19-15-9-13(22)6-7-18-15)8-11(10)3-5-14(20-16)21-17/h2,4,6-9H,3,5,16-17H2,1H3,(H,20,21)(H2,18,19,22). The van der Waals surface area contributed by atoms with E-state index in [4.69, 9.17) is 11.7 Å². The maximum Gasteiger partial charge on any atom is 0.183 e. The van der Waals surface area contributed by atoms with Crippen LogP contribution in [-0.2, 0) is 6.42 Å². The number of pyridine rings is 1. The Morgan fingerprint density at radius 1 is 1.32 bits per heavy atom. The van der Waals surface area contributed by atoms with Crippen molar-refractivity contribution in [1.82, 2.24) is 10.4 Å². The number of hydrogen-bond donors (Lipinski definition) is 5. The zero-order valence-electron chi connectivity index (χ0n) is 12.4. The summed E-state index contributed by atoms with van der Waals surface area (Å²) in [6, 6.07) is 9.00. The van der Waals surface area contributed by atoms with Crippen LogP contribution in [0.15, 0.2) is 46.4 Å². The smallest absolute Gasteiger partial charge is 0.183 e. The van der Waals surface area contributed by atoms with E-state index >= 15 is 0 Å². The van der Waals surface area contributed by atoms with E-state index < -0.39 is 0 Å². The number of amidine groups is 1. The number of nitrogens with two attached hydrogens (primary N) is 2. The molecule has 0 aliphatic rings. The van der Waals surface area contributed by atoms with Gasteiger partial charge in [0.1, 0.15) is 11.7 Å². The molecule has 0 aliphatic heterocycles. The second-order valence-electron chi connectivity index (χ2n) is 4.92. The molecule has 7 heteroatoms. The highest BCUT2D eigenvalue weighted by Gasteiger charge is 2.04. The summed E-state index contributed by atoms with van der Waals surface area (Å²) in [4.78, 5) is 14.3. The zero-order valence-corrected chi connectivity index (χ0v) is 12.4. The van der Waals surface area contributed by atoms with Crippen LogP contribution in [0.4, 0.5) is 11.5 Å².